The number of ether oxygens (including phenoxy) is 1. The van der Waals surface area contributed by atoms with Gasteiger partial charge in [-0.1, -0.05) is 19.8 Å². The molecular formula is C13H18FNO4S. The van der Waals surface area contributed by atoms with Gasteiger partial charge in [0.2, 0.25) is 10.0 Å². The van der Waals surface area contributed by atoms with Gasteiger partial charge in [-0.2, -0.15) is 0 Å². The van der Waals surface area contributed by atoms with Crippen molar-refractivity contribution in [3.05, 3.63) is 29.6 Å². The fourth-order valence-electron chi connectivity index (χ4n) is 1.66. The van der Waals surface area contributed by atoms with Crippen molar-refractivity contribution in [2.75, 3.05) is 13.7 Å². The maximum atomic E-state index is 13.2. The molecule has 1 aromatic rings. The fourth-order valence-corrected chi connectivity index (χ4v) is 2.93. The third kappa shape index (κ3) is 4.28. The van der Waals surface area contributed by atoms with Crippen LogP contribution in [0, 0.1) is 5.82 Å². The van der Waals surface area contributed by atoms with Crippen LogP contribution in [0.15, 0.2) is 23.1 Å². The van der Waals surface area contributed by atoms with Crippen molar-refractivity contribution in [3.8, 4) is 0 Å². The standard InChI is InChI=1S/C13H18FNO4S/c1-3-4-5-8-15-20(17,18)12-9-10(14)6-7-11(12)13(16)19-2/h6-7,9,15H,3-5,8H2,1-2H3. The van der Waals surface area contributed by atoms with E-state index in [9.17, 15) is 17.6 Å². The zero-order valence-electron chi connectivity index (χ0n) is 11.5. The smallest absolute Gasteiger partial charge is 0.339 e. The number of carbonyl (C=O) groups excluding carboxylic acids is 1. The summed E-state index contributed by atoms with van der Waals surface area (Å²) in [5, 5.41) is 0. The summed E-state index contributed by atoms with van der Waals surface area (Å²) in [5.41, 5.74) is -0.183. The van der Waals surface area contributed by atoms with Gasteiger partial charge < -0.3 is 4.74 Å². The molecule has 0 radical (unpaired) electrons. The zero-order chi connectivity index (χ0) is 15.2. The molecule has 0 amide bonds. The van der Waals surface area contributed by atoms with E-state index < -0.39 is 26.7 Å². The molecule has 0 bridgehead atoms. The Balaban J connectivity index is 3.03. The molecule has 0 saturated carbocycles. The number of hydrogen-bond donors (Lipinski definition) is 1. The van der Waals surface area contributed by atoms with Gasteiger partial charge in [0.1, 0.15) is 5.82 Å². The summed E-state index contributed by atoms with van der Waals surface area (Å²) in [6.45, 7) is 2.24. The van der Waals surface area contributed by atoms with Gasteiger partial charge in [0, 0.05) is 6.54 Å². The predicted octanol–water partition coefficient (Wildman–Crippen LogP) is 2.08. The summed E-state index contributed by atoms with van der Waals surface area (Å²) in [6.07, 6.45) is 2.52. The van der Waals surface area contributed by atoms with Gasteiger partial charge in [0.15, 0.2) is 0 Å². The van der Waals surface area contributed by atoms with Gasteiger partial charge in [-0.25, -0.2) is 22.3 Å². The van der Waals surface area contributed by atoms with Crippen LogP contribution in [-0.2, 0) is 14.8 Å². The molecule has 0 aliphatic carbocycles. The van der Waals surface area contributed by atoms with Gasteiger partial charge >= 0.3 is 5.97 Å². The molecule has 1 N–H and O–H groups in total. The van der Waals surface area contributed by atoms with Gasteiger partial charge in [-0.3, -0.25) is 0 Å². The summed E-state index contributed by atoms with van der Waals surface area (Å²) >= 11 is 0. The van der Waals surface area contributed by atoms with E-state index in [1.54, 1.807) is 0 Å². The Labute approximate surface area is 118 Å². The second kappa shape index (κ2) is 7.35. The number of sulfonamides is 1. The molecule has 112 valence electrons. The number of carbonyl (C=O) groups is 1. The van der Waals surface area contributed by atoms with E-state index in [2.05, 4.69) is 9.46 Å². The van der Waals surface area contributed by atoms with Gasteiger partial charge in [-0.05, 0) is 24.6 Å². The third-order valence-corrected chi connectivity index (χ3v) is 4.21. The molecule has 0 heterocycles. The van der Waals surface area contributed by atoms with E-state index in [1.807, 2.05) is 6.92 Å². The highest BCUT2D eigenvalue weighted by Gasteiger charge is 2.23. The third-order valence-electron chi connectivity index (χ3n) is 2.71. The molecule has 0 aliphatic rings. The Hall–Kier alpha value is -1.47. The lowest BCUT2D eigenvalue weighted by Gasteiger charge is -2.10. The van der Waals surface area contributed by atoms with Crippen LogP contribution < -0.4 is 4.72 Å². The highest BCUT2D eigenvalue weighted by Crippen LogP contribution is 2.18. The van der Waals surface area contributed by atoms with Gasteiger partial charge in [-0.15, -0.1) is 0 Å². The first-order valence-electron chi connectivity index (χ1n) is 6.30. The Morgan fingerprint density at radius 1 is 1.35 bits per heavy atom. The van der Waals surface area contributed by atoms with Crippen LogP contribution in [0.5, 0.6) is 0 Å². The lowest BCUT2D eigenvalue weighted by molar-refractivity contribution is 0.0596. The first-order chi connectivity index (χ1) is 9.42. The summed E-state index contributed by atoms with van der Waals surface area (Å²) in [7, 11) is -2.80. The molecule has 0 saturated heterocycles. The number of benzene rings is 1. The predicted molar refractivity (Wildman–Crippen MR) is 72.5 cm³/mol. The minimum Gasteiger partial charge on any atom is -0.465 e. The molecule has 0 atom stereocenters. The van der Waals surface area contributed by atoms with Crippen molar-refractivity contribution < 1.29 is 22.3 Å². The second-order valence-corrected chi connectivity index (χ2v) is 5.97. The van der Waals surface area contributed by atoms with E-state index in [1.165, 1.54) is 0 Å². The number of nitrogens with one attached hydrogen (secondary N) is 1. The number of rotatable bonds is 7. The summed E-state index contributed by atoms with van der Waals surface area (Å²) in [6, 6.07) is 2.93. The molecule has 7 heteroatoms. The Bertz CT molecular complexity index is 572. The minimum atomic E-state index is -3.94. The summed E-state index contributed by atoms with van der Waals surface area (Å²) in [5.74, 6) is -1.55. The van der Waals surface area contributed by atoms with Gasteiger partial charge in [0.05, 0.1) is 17.6 Å². The maximum absolute atomic E-state index is 13.2. The Morgan fingerprint density at radius 3 is 2.65 bits per heavy atom. The first-order valence-corrected chi connectivity index (χ1v) is 7.78. The van der Waals surface area contributed by atoms with Crippen LogP contribution in [0.3, 0.4) is 0 Å². The number of halogens is 1. The molecular weight excluding hydrogens is 285 g/mol. The van der Waals surface area contributed by atoms with Crippen molar-refractivity contribution in [2.24, 2.45) is 0 Å². The van der Waals surface area contributed by atoms with E-state index >= 15 is 0 Å². The van der Waals surface area contributed by atoms with E-state index in [0.29, 0.717) is 6.42 Å². The summed E-state index contributed by atoms with van der Waals surface area (Å²) in [4.78, 5) is 11.1. The molecule has 0 fully saturated rings. The average Bonchev–Trinajstić information content (AvgIpc) is 2.42. The van der Waals surface area contributed by atoms with Gasteiger partial charge in [0.25, 0.3) is 0 Å². The monoisotopic (exact) mass is 303 g/mol. The van der Waals surface area contributed by atoms with Crippen molar-refractivity contribution in [1.82, 2.24) is 4.72 Å². The normalized spacial score (nSPS) is 11.3. The molecule has 1 rings (SSSR count). The molecule has 0 unspecified atom stereocenters. The topological polar surface area (TPSA) is 72.5 Å². The van der Waals surface area contributed by atoms with Crippen LogP contribution in [0.1, 0.15) is 36.5 Å². The van der Waals surface area contributed by atoms with E-state index in [4.69, 9.17) is 0 Å². The summed E-state index contributed by atoms with van der Waals surface area (Å²) < 4.78 is 44.3. The largest absolute Gasteiger partial charge is 0.465 e. The van der Waals surface area contributed by atoms with Crippen molar-refractivity contribution >= 4 is 16.0 Å². The average molecular weight is 303 g/mol. The maximum Gasteiger partial charge on any atom is 0.339 e. The quantitative estimate of drug-likeness (QED) is 0.618. The minimum absolute atomic E-state index is 0.183. The van der Waals surface area contributed by atoms with E-state index in [0.717, 1.165) is 38.2 Å². The molecule has 20 heavy (non-hydrogen) atoms. The number of unbranched alkanes of at least 4 members (excludes halogenated alkanes) is 2. The lowest BCUT2D eigenvalue weighted by Crippen LogP contribution is -2.27. The van der Waals surface area contributed by atoms with Crippen LogP contribution in [0.2, 0.25) is 0 Å². The lowest BCUT2D eigenvalue weighted by atomic mass is 10.2. The Morgan fingerprint density at radius 2 is 2.05 bits per heavy atom. The van der Waals surface area contributed by atoms with Crippen LogP contribution in [-0.4, -0.2) is 28.0 Å². The molecule has 0 spiro atoms. The fraction of sp³-hybridized carbons (Fsp3) is 0.462. The Kier molecular flexibility index (Phi) is 6.09. The number of esters is 1. The second-order valence-electron chi connectivity index (χ2n) is 4.24. The highest BCUT2D eigenvalue weighted by atomic mass is 32.2. The highest BCUT2D eigenvalue weighted by molar-refractivity contribution is 7.89. The first kappa shape index (κ1) is 16.6. The molecule has 5 nitrogen and oxygen atoms in total. The van der Waals surface area contributed by atoms with Crippen LogP contribution >= 0.6 is 0 Å². The number of hydrogen-bond acceptors (Lipinski definition) is 4. The SMILES string of the molecule is CCCCCNS(=O)(=O)c1cc(F)ccc1C(=O)OC. The van der Waals surface area contributed by atoms with E-state index in [-0.39, 0.29) is 12.1 Å². The van der Waals surface area contributed by atoms with Crippen LogP contribution in [0.25, 0.3) is 0 Å². The van der Waals surface area contributed by atoms with Crippen LogP contribution in [0.4, 0.5) is 4.39 Å². The van der Waals surface area contributed by atoms with Crippen molar-refractivity contribution in [3.63, 3.8) is 0 Å². The zero-order valence-corrected chi connectivity index (χ0v) is 12.3. The molecule has 1 aromatic carbocycles. The number of methoxy groups -OCH3 is 1. The molecule has 0 aliphatic heterocycles. The van der Waals surface area contributed by atoms with Crippen molar-refractivity contribution in [1.29, 1.82) is 0 Å². The molecule has 0 aromatic heterocycles. The van der Waals surface area contributed by atoms with Crippen molar-refractivity contribution in [2.45, 2.75) is 31.1 Å².